The maximum Gasteiger partial charge on any atom is 0.356 e. The minimum atomic E-state index is -1.03. The van der Waals surface area contributed by atoms with Crippen molar-refractivity contribution in [2.45, 2.75) is 46.1 Å². The summed E-state index contributed by atoms with van der Waals surface area (Å²) in [5, 5.41) is 13.7. The lowest BCUT2D eigenvalue weighted by Crippen LogP contribution is -2.50. The second-order valence-corrected chi connectivity index (χ2v) is 8.13. The van der Waals surface area contributed by atoms with E-state index in [9.17, 15) is 19.1 Å². The first-order chi connectivity index (χ1) is 14.4. The third-order valence-corrected chi connectivity index (χ3v) is 6.41. The lowest BCUT2D eigenvalue weighted by molar-refractivity contribution is -0.132. The highest BCUT2D eigenvalue weighted by atomic mass is 19.1. The molecule has 1 aromatic carbocycles. The lowest BCUT2D eigenvalue weighted by atomic mass is 9.96. The largest absolute Gasteiger partial charge is 0.476 e. The molecule has 7 nitrogen and oxygen atoms in total. The third-order valence-electron chi connectivity index (χ3n) is 6.41. The number of carbonyl (C=O) groups is 2. The molecule has 1 amide bonds. The monoisotopic (exact) mass is 414 g/mol. The van der Waals surface area contributed by atoms with Gasteiger partial charge in [-0.1, -0.05) is 0 Å². The van der Waals surface area contributed by atoms with Gasteiger partial charge >= 0.3 is 5.97 Å². The molecule has 1 N–H and O–H groups in total. The number of hydrogen-bond acceptors (Lipinski definition) is 4. The Balaban J connectivity index is 1.43. The summed E-state index contributed by atoms with van der Waals surface area (Å²) in [6.07, 6.45) is 3.42. The molecule has 1 fully saturated rings. The second kappa shape index (κ2) is 8.08. The summed E-state index contributed by atoms with van der Waals surface area (Å²) in [5.74, 6) is -1.28. The van der Waals surface area contributed by atoms with Gasteiger partial charge in [0.2, 0.25) is 5.91 Å². The van der Waals surface area contributed by atoms with Crippen LogP contribution in [0.25, 0.3) is 0 Å². The van der Waals surface area contributed by atoms with E-state index in [1.54, 1.807) is 22.6 Å². The molecule has 2 aliphatic rings. The Kier molecular flexibility index (Phi) is 5.49. The van der Waals surface area contributed by atoms with Crippen LogP contribution < -0.4 is 4.90 Å². The Morgan fingerprint density at radius 3 is 2.47 bits per heavy atom. The number of carboxylic acid groups (broad SMARTS) is 1. The van der Waals surface area contributed by atoms with Crippen LogP contribution in [-0.2, 0) is 24.2 Å². The van der Waals surface area contributed by atoms with Crippen LogP contribution in [0.15, 0.2) is 12.1 Å². The van der Waals surface area contributed by atoms with Gasteiger partial charge in [-0.2, -0.15) is 5.10 Å². The topological polar surface area (TPSA) is 78.7 Å². The maximum atomic E-state index is 13.8. The highest BCUT2D eigenvalue weighted by Gasteiger charge is 2.28. The molecule has 0 unspecified atom stereocenters. The quantitative estimate of drug-likeness (QED) is 0.832. The van der Waals surface area contributed by atoms with E-state index in [1.807, 2.05) is 6.92 Å². The number of halogens is 1. The first kappa shape index (κ1) is 20.4. The van der Waals surface area contributed by atoms with Crippen molar-refractivity contribution in [3.05, 3.63) is 46.0 Å². The van der Waals surface area contributed by atoms with Gasteiger partial charge in [0.1, 0.15) is 12.4 Å². The molecule has 2 aromatic rings. The number of benzene rings is 1. The number of rotatable bonds is 4. The molecule has 0 bridgehead atoms. The van der Waals surface area contributed by atoms with Crippen molar-refractivity contribution < 1.29 is 19.1 Å². The van der Waals surface area contributed by atoms with E-state index in [2.05, 4.69) is 10.00 Å². The van der Waals surface area contributed by atoms with Crippen LogP contribution in [0.5, 0.6) is 0 Å². The minimum Gasteiger partial charge on any atom is -0.476 e. The number of aromatic nitrogens is 2. The average molecular weight is 414 g/mol. The van der Waals surface area contributed by atoms with Gasteiger partial charge in [0.25, 0.3) is 0 Å². The van der Waals surface area contributed by atoms with Gasteiger partial charge in [-0.05, 0) is 62.8 Å². The third kappa shape index (κ3) is 3.66. The number of aromatic carboxylic acids is 1. The Morgan fingerprint density at radius 1 is 1.07 bits per heavy atom. The van der Waals surface area contributed by atoms with Crippen LogP contribution in [-0.4, -0.2) is 57.8 Å². The van der Waals surface area contributed by atoms with Gasteiger partial charge in [0.15, 0.2) is 5.69 Å². The Labute approximate surface area is 175 Å². The summed E-state index contributed by atoms with van der Waals surface area (Å²) in [6.45, 7) is 6.28. The summed E-state index contributed by atoms with van der Waals surface area (Å²) >= 11 is 0. The van der Waals surface area contributed by atoms with Crippen LogP contribution in [0.1, 0.15) is 45.7 Å². The Morgan fingerprint density at radius 2 is 1.77 bits per heavy atom. The van der Waals surface area contributed by atoms with E-state index in [-0.39, 0.29) is 24.0 Å². The SMILES string of the molecule is Cc1c(F)ccc(N2CCN(C(=O)Cn3nc(C(=O)O)c4c3CCCC4)CC2)c1C. The standard InChI is InChI=1S/C22H27FN4O3/c1-14-15(2)18(8-7-17(14)23)25-9-11-26(12-10-25)20(28)13-27-19-6-4-3-5-16(19)21(24-27)22(29)30/h7-8H,3-6,9-13H2,1-2H3,(H,29,30). The van der Waals surface area contributed by atoms with Crippen molar-refractivity contribution in [1.82, 2.24) is 14.7 Å². The van der Waals surface area contributed by atoms with Crippen molar-refractivity contribution in [1.29, 1.82) is 0 Å². The van der Waals surface area contributed by atoms with E-state index >= 15 is 0 Å². The fourth-order valence-corrected chi connectivity index (χ4v) is 4.51. The van der Waals surface area contributed by atoms with E-state index in [0.29, 0.717) is 38.2 Å². The number of piperazine rings is 1. The first-order valence-electron chi connectivity index (χ1n) is 10.5. The maximum absolute atomic E-state index is 13.8. The highest BCUT2D eigenvalue weighted by Crippen LogP contribution is 2.27. The van der Waals surface area contributed by atoms with Gasteiger partial charge in [0.05, 0.1) is 0 Å². The number of fused-ring (bicyclic) bond motifs is 1. The molecule has 0 atom stereocenters. The fourth-order valence-electron chi connectivity index (χ4n) is 4.51. The van der Waals surface area contributed by atoms with Crippen molar-refractivity contribution in [3.8, 4) is 0 Å². The van der Waals surface area contributed by atoms with E-state index in [4.69, 9.17) is 0 Å². The number of amides is 1. The van der Waals surface area contributed by atoms with Crippen molar-refractivity contribution in [3.63, 3.8) is 0 Å². The molecule has 1 aromatic heterocycles. The average Bonchev–Trinajstić information content (AvgIpc) is 3.11. The predicted octanol–water partition coefficient (Wildman–Crippen LogP) is 2.56. The summed E-state index contributed by atoms with van der Waals surface area (Å²) in [5.41, 5.74) is 4.36. The lowest BCUT2D eigenvalue weighted by Gasteiger charge is -2.37. The van der Waals surface area contributed by atoms with Crippen LogP contribution in [0.3, 0.4) is 0 Å². The van der Waals surface area contributed by atoms with E-state index in [0.717, 1.165) is 41.8 Å². The first-order valence-corrected chi connectivity index (χ1v) is 10.5. The molecule has 8 heteroatoms. The minimum absolute atomic E-state index is 0.0468. The second-order valence-electron chi connectivity index (χ2n) is 8.13. The summed E-state index contributed by atoms with van der Waals surface area (Å²) in [7, 11) is 0. The van der Waals surface area contributed by atoms with Crippen molar-refractivity contribution in [2.75, 3.05) is 31.1 Å². The summed E-state index contributed by atoms with van der Waals surface area (Å²) < 4.78 is 15.4. The van der Waals surface area contributed by atoms with Crippen LogP contribution in [0.4, 0.5) is 10.1 Å². The van der Waals surface area contributed by atoms with Crippen LogP contribution in [0, 0.1) is 19.7 Å². The van der Waals surface area contributed by atoms with E-state index < -0.39 is 5.97 Å². The molecule has 4 rings (SSSR count). The molecular weight excluding hydrogens is 387 g/mol. The van der Waals surface area contributed by atoms with Gasteiger partial charge in [-0.15, -0.1) is 0 Å². The number of hydrogen-bond donors (Lipinski definition) is 1. The van der Waals surface area contributed by atoms with Gasteiger partial charge in [0, 0.05) is 43.1 Å². The van der Waals surface area contributed by atoms with E-state index in [1.165, 1.54) is 6.07 Å². The fraction of sp³-hybridized carbons (Fsp3) is 0.500. The molecule has 1 saturated heterocycles. The molecular formula is C22H27FN4O3. The normalized spacial score (nSPS) is 16.5. The number of anilines is 1. The Hall–Kier alpha value is -2.90. The molecule has 0 saturated carbocycles. The van der Waals surface area contributed by atoms with Gasteiger partial charge in [-0.25, -0.2) is 9.18 Å². The van der Waals surface area contributed by atoms with Crippen molar-refractivity contribution >= 4 is 17.6 Å². The molecule has 30 heavy (non-hydrogen) atoms. The smallest absolute Gasteiger partial charge is 0.356 e. The number of nitrogens with zero attached hydrogens (tertiary/aromatic N) is 4. The molecule has 1 aliphatic heterocycles. The van der Waals surface area contributed by atoms with Crippen LogP contribution in [0.2, 0.25) is 0 Å². The molecule has 160 valence electrons. The number of carboxylic acids is 1. The number of carbonyl (C=O) groups excluding carboxylic acids is 1. The highest BCUT2D eigenvalue weighted by molar-refractivity contribution is 5.87. The molecule has 2 heterocycles. The van der Waals surface area contributed by atoms with Crippen molar-refractivity contribution in [2.24, 2.45) is 0 Å². The van der Waals surface area contributed by atoms with Gasteiger partial charge < -0.3 is 14.9 Å². The molecule has 0 spiro atoms. The predicted molar refractivity (Wildman–Crippen MR) is 110 cm³/mol. The van der Waals surface area contributed by atoms with Crippen LogP contribution >= 0.6 is 0 Å². The molecule has 1 aliphatic carbocycles. The molecule has 0 radical (unpaired) electrons. The zero-order chi connectivity index (χ0) is 21.4. The zero-order valence-electron chi connectivity index (χ0n) is 17.4. The summed E-state index contributed by atoms with van der Waals surface area (Å²) in [4.78, 5) is 28.4. The zero-order valence-corrected chi connectivity index (χ0v) is 17.4. The Bertz CT molecular complexity index is 993. The van der Waals surface area contributed by atoms with Gasteiger partial charge in [-0.3, -0.25) is 9.48 Å². The summed E-state index contributed by atoms with van der Waals surface area (Å²) in [6, 6.07) is 3.30.